The van der Waals surface area contributed by atoms with E-state index in [1.807, 2.05) is 0 Å². The van der Waals surface area contributed by atoms with Crippen molar-refractivity contribution in [3.63, 3.8) is 0 Å². The van der Waals surface area contributed by atoms with Crippen LogP contribution in [0.25, 0.3) is 0 Å². The minimum Gasteiger partial charge on any atom is -0.282 e. The van der Waals surface area contributed by atoms with E-state index in [-0.39, 0.29) is 0 Å². The Morgan fingerprint density at radius 1 is 1.11 bits per heavy atom. The van der Waals surface area contributed by atoms with Crippen molar-refractivity contribution < 1.29 is 10.8 Å². The Morgan fingerprint density at radius 2 is 1.44 bits per heavy atom. The van der Waals surface area contributed by atoms with Gasteiger partial charge in [-0.1, -0.05) is 0 Å². The maximum Gasteiger partial charge on any atom is 0.300 e. The number of amidine groups is 2. The third-order valence-electron chi connectivity index (χ3n) is 0.451. The summed E-state index contributed by atoms with van der Waals surface area (Å²) < 4.78 is 0. The highest BCUT2D eigenvalue weighted by atomic mass is 32.2. The van der Waals surface area contributed by atoms with Gasteiger partial charge >= 0.3 is 10.3 Å². The second-order valence-corrected chi connectivity index (χ2v) is 3.67. The normalized spacial score (nSPS) is 8.89. The molecule has 0 amide bonds. The predicted molar refractivity (Wildman–Crippen MR) is 42.3 cm³/mol. The summed E-state index contributed by atoms with van der Waals surface area (Å²) in [5.74, 6) is 0. The molecule has 4 nitrogen and oxygen atoms in total. The van der Waals surface area contributed by atoms with Crippen molar-refractivity contribution in [2.45, 2.75) is 0 Å². The Hall–Kier alpha value is -0.360. The highest BCUT2D eigenvalue weighted by Gasteiger charge is 1.99. The van der Waals surface area contributed by atoms with E-state index in [0.29, 0.717) is 15.4 Å². The number of nitrogens with two attached hydrogens (primary N) is 4. The molecule has 0 aromatic carbocycles. The molecule has 0 fully saturated rings. The molecule has 0 rings (SSSR count). The molecule has 0 aliphatic rings. The van der Waals surface area contributed by atoms with E-state index in [1.54, 1.807) is 0 Å². The van der Waals surface area contributed by atoms with Gasteiger partial charge in [0.05, 0.1) is 5.08 Å². The van der Waals surface area contributed by atoms with E-state index in [2.05, 4.69) is 0 Å². The van der Waals surface area contributed by atoms with Crippen LogP contribution in [0.4, 0.5) is 0 Å². The van der Waals surface area contributed by atoms with Crippen LogP contribution in [0.2, 0.25) is 0 Å². The summed E-state index contributed by atoms with van der Waals surface area (Å²) in [4.78, 5) is 0. The van der Waals surface area contributed by atoms with Crippen molar-refractivity contribution in [3.05, 3.63) is 0 Å². The molecule has 8 N–H and O–H groups in total. The van der Waals surface area contributed by atoms with Gasteiger partial charge in [-0.2, -0.15) is 0 Å². The van der Waals surface area contributed by atoms with Crippen molar-refractivity contribution in [2.24, 2.45) is 11.5 Å². The number of hydrogen-bond donors (Lipinski definition) is 4. The Morgan fingerprint density at radius 3 is 1.67 bits per heavy atom. The number of rotatable bonds is 2. The summed E-state index contributed by atoms with van der Waals surface area (Å²) in [5.41, 5.74) is 10.3. The van der Waals surface area contributed by atoms with Crippen LogP contribution in [0, 0.1) is 0 Å². The number of thioether (sulfide) groups is 2. The maximum atomic E-state index is 5.13. The third kappa shape index (κ3) is 7.64. The zero-order valence-electron chi connectivity index (χ0n) is 4.83. The fraction of sp³-hybridized carbons (Fsp3) is 0.333. The third-order valence-corrected chi connectivity index (χ3v) is 2.06. The number of hydrogen-bond acceptors (Lipinski definition) is 2. The second-order valence-electron chi connectivity index (χ2n) is 1.21. The lowest BCUT2D eigenvalue weighted by molar-refractivity contribution is -0.110. The summed E-state index contributed by atoms with van der Waals surface area (Å²) in [7, 11) is 0. The molecule has 0 atom stereocenters. The van der Waals surface area contributed by atoms with Gasteiger partial charge in [0.2, 0.25) is 0 Å². The minimum absolute atomic E-state index is 0.337. The van der Waals surface area contributed by atoms with Crippen LogP contribution in [-0.2, 0) is 0 Å². The van der Waals surface area contributed by atoms with E-state index in [0.717, 1.165) is 0 Å². The molecule has 0 aliphatic carbocycles. The quantitative estimate of drug-likeness (QED) is 0.195. The minimum atomic E-state index is 0.337. The van der Waals surface area contributed by atoms with E-state index in [4.69, 9.17) is 22.3 Å². The van der Waals surface area contributed by atoms with E-state index in [1.165, 1.54) is 23.5 Å². The molecule has 0 unspecified atom stereocenters. The van der Waals surface area contributed by atoms with Crippen LogP contribution in [0.1, 0.15) is 0 Å². The Kier molecular flexibility index (Phi) is 4.33. The first-order valence-corrected chi connectivity index (χ1v) is 4.11. The fourth-order valence-corrected chi connectivity index (χ4v) is 1.49. The summed E-state index contributed by atoms with van der Waals surface area (Å²) in [6.07, 6.45) is 0. The fourth-order valence-electron chi connectivity index (χ4n) is 0.166. The molecular weight excluding hydrogens is 156 g/mol. The second kappa shape index (κ2) is 4.51. The Balaban J connectivity index is 3.10. The van der Waals surface area contributed by atoms with Gasteiger partial charge in [0.25, 0.3) is 0 Å². The van der Waals surface area contributed by atoms with Gasteiger partial charge in [-0.25, -0.2) is 0 Å². The van der Waals surface area contributed by atoms with E-state index >= 15 is 0 Å². The van der Waals surface area contributed by atoms with Gasteiger partial charge in [-0.15, -0.1) is 0 Å². The average Bonchev–Trinajstić information content (AvgIpc) is 1.63. The summed E-state index contributed by atoms with van der Waals surface area (Å²) in [6.45, 7) is 0. The first-order valence-electron chi connectivity index (χ1n) is 2.14. The van der Waals surface area contributed by atoms with Crippen LogP contribution in [-0.4, -0.2) is 15.4 Å². The SMILES string of the molecule is NC(=[NH2+])SCSC(N)=[NH2+]. The zero-order chi connectivity index (χ0) is 7.28. The predicted octanol–water partition coefficient (Wildman–Crippen LogP) is -3.44. The van der Waals surface area contributed by atoms with Crippen molar-refractivity contribution in [1.82, 2.24) is 0 Å². The van der Waals surface area contributed by atoms with Crippen molar-refractivity contribution in [3.8, 4) is 0 Å². The Labute approximate surface area is 61.8 Å². The summed E-state index contributed by atoms with van der Waals surface area (Å²) >= 11 is 2.63. The molecule has 0 aliphatic heterocycles. The molecule has 0 heterocycles. The first-order chi connectivity index (χ1) is 4.13. The van der Waals surface area contributed by atoms with Crippen LogP contribution in [0.15, 0.2) is 0 Å². The van der Waals surface area contributed by atoms with Gasteiger partial charge in [-0.05, 0) is 23.5 Å². The van der Waals surface area contributed by atoms with Crippen molar-refractivity contribution >= 4 is 33.9 Å². The lowest BCUT2D eigenvalue weighted by Crippen LogP contribution is -2.44. The molecule has 0 aromatic rings. The highest BCUT2D eigenvalue weighted by molar-refractivity contribution is 8.28. The zero-order valence-corrected chi connectivity index (χ0v) is 6.47. The lowest BCUT2D eigenvalue weighted by Gasteiger charge is -1.87. The van der Waals surface area contributed by atoms with Crippen LogP contribution in [0.3, 0.4) is 0 Å². The van der Waals surface area contributed by atoms with Gasteiger partial charge < -0.3 is 0 Å². The standard InChI is InChI=1S/C3H8N4S2/c4-2(5)8-1-9-3(6)7/h1H2,(H3,4,5)(H3,6,7)/p+2. The molecule has 9 heavy (non-hydrogen) atoms. The van der Waals surface area contributed by atoms with E-state index in [9.17, 15) is 0 Å². The smallest absolute Gasteiger partial charge is 0.282 e. The van der Waals surface area contributed by atoms with Gasteiger partial charge in [0.1, 0.15) is 0 Å². The molecule has 0 radical (unpaired) electrons. The van der Waals surface area contributed by atoms with Crippen molar-refractivity contribution in [1.29, 1.82) is 0 Å². The van der Waals surface area contributed by atoms with Gasteiger partial charge in [0, 0.05) is 0 Å². The van der Waals surface area contributed by atoms with Crippen molar-refractivity contribution in [2.75, 3.05) is 5.08 Å². The summed E-state index contributed by atoms with van der Waals surface area (Å²) in [6, 6.07) is 0. The Bertz CT molecular complexity index is 109. The molecular formula is C3H10N4S2+2. The average molecular weight is 166 g/mol. The maximum absolute atomic E-state index is 5.13. The van der Waals surface area contributed by atoms with Crippen LogP contribution >= 0.6 is 23.5 Å². The molecule has 0 bridgehead atoms. The monoisotopic (exact) mass is 166 g/mol. The largest absolute Gasteiger partial charge is 0.300 e. The first kappa shape index (κ1) is 8.64. The summed E-state index contributed by atoms with van der Waals surface area (Å²) in [5, 5.41) is 11.6. The topological polar surface area (TPSA) is 103 Å². The van der Waals surface area contributed by atoms with Gasteiger partial charge in [-0.3, -0.25) is 22.3 Å². The van der Waals surface area contributed by atoms with Crippen LogP contribution in [0.5, 0.6) is 0 Å². The van der Waals surface area contributed by atoms with Crippen LogP contribution < -0.4 is 22.3 Å². The molecule has 0 aromatic heterocycles. The molecule has 0 spiro atoms. The van der Waals surface area contributed by atoms with E-state index < -0.39 is 0 Å². The molecule has 0 saturated heterocycles. The lowest BCUT2D eigenvalue weighted by atomic mass is 11.4. The molecule has 0 saturated carbocycles. The van der Waals surface area contributed by atoms with Gasteiger partial charge in [0.15, 0.2) is 0 Å². The highest BCUT2D eigenvalue weighted by Crippen LogP contribution is 2.06. The molecule has 52 valence electrons. The molecule has 6 heteroatoms.